The van der Waals surface area contributed by atoms with Gasteiger partial charge in [0.15, 0.2) is 5.82 Å². The summed E-state index contributed by atoms with van der Waals surface area (Å²) in [5, 5.41) is 12.1. The Kier molecular flexibility index (Phi) is 3.05. The van der Waals surface area contributed by atoms with Gasteiger partial charge < -0.3 is 0 Å². The highest BCUT2D eigenvalue weighted by Gasteiger charge is 1.95. The standard InChI is InChI=1S/C7H5ClN4/c8-6-2-1-4-10-7(6)12-11-5-3-9/h1-2,4-5H,(H,10,12)/b11-5+. The van der Waals surface area contributed by atoms with Gasteiger partial charge in [0.25, 0.3) is 0 Å². The predicted octanol–water partition coefficient (Wildman–Crippen LogP) is 1.66. The van der Waals surface area contributed by atoms with E-state index < -0.39 is 0 Å². The van der Waals surface area contributed by atoms with Crippen molar-refractivity contribution in [1.82, 2.24) is 4.98 Å². The molecule has 4 nitrogen and oxygen atoms in total. The molecule has 0 atom stereocenters. The third kappa shape index (κ3) is 2.22. The lowest BCUT2D eigenvalue weighted by Crippen LogP contribution is -1.91. The SMILES string of the molecule is N#C/C=N/Nc1ncccc1Cl. The summed E-state index contributed by atoms with van der Waals surface area (Å²) in [4.78, 5) is 3.88. The van der Waals surface area contributed by atoms with Crippen LogP contribution in [0.25, 0.3) is 0 Å². The van der Waals surface area contributed by atoms with Gasteiger partial charge >= 0.3 is 0 Å². The van der Waals surface area contributed by atoms with Crippen LogP contribution in [0.5, 0.6) is 0 Å². The molecule has 0 bridgehead atoms. The second-order valence-corrected chi connectivity index (χ2v) is 2.24. The largest absolute Gasteiger partial charge is 0.259 e. The molecule has 0 spiro atoms. The highest BCUT2D eigenvalue weighted by molar-refractivity contribution is 6.32. The smallest absolute Gasteiger partial charge is 0.165 e. The van der Waals surface area contributed by atoms with Crippen LogP contribution < -0.4 is 5.43 Å². The lowest BCUT2D eigenvalue weighted by Gasteiger charge is -1.98. The molecule has 0 saturated heterocycles. The summed E-state index contributed by atoms with van der Waals surface area (Å²) in [6.07, 6.45) is 2.64. The molecule has 0 amide bonds. The first-order valence-electron chi connectivity index (χ1n) is 3.12. The van der Waals surface area contributed by atoms with Crippen LogP contribution in [0.2, 0.25) is 5.02 Å². The zero-order valence-electron chi connectivity index (χ0n) is 6.03. The van der Waals surface area contributed by atoms with E-state index in [2.05, 4.69) is 15.5 Å². The molecule has 0 aromatic carbocycles. The third-order valence-electron chi connectivity index (χ3n) is 1.05. The van der Waals surface area contributed by atoms with Crippen LogP contribution >= 0.6 is 11.6 Å². The minimum atomic E-state index is 0.436. The number of anilines is 1. The summed E-state index contributed by atoms with van der Waals surface area (Å²) in [5.74, 6) is 0.436. The maximum Gasteiger partial charge on any atom is 0.165 e. The van der Waals surface area contributed by atoms with E-state index in [1.165, 1.54) is 0 Å². The number of nitriles is 1. The fourth-order valence-corrected chi connectivity index (χ4v) is 0.754. The summed E-state index contributed by atoms with van der Waals surface area (Å²) in [6.45, 7) is 0. The van der Waals surface area contributed by atoms with Crippen molar-refractivity contribution in [2.45, 2.75) is 0 Å². The van der Waals surface area contributed by atoms with E-state index >= 15 is 0 Å². The van der Waals surface area contributed by atoms with Crippen LogP contribution in [0.1, 0.15) is 0 Å². The molecular formula is C7H5ClN4. The number of hydrogen-bond donors (Lipinski definition) is 1. The fraction of sp³-hybridized carbons (Fsp3) is 0. The third-order valence-corrected chi connectivity index (χ3v) is 1.36. The number of rotatable bonds is 2. The Labute approximate surface area is 74.5 Å². The molecule has 1 aromatic rings. The van der Waals surface area contributed by atoms with Crippen LogP contribution in [-0.2, 0) is 0 Å². The molecule has 1 rings (SSSR count). The molecule has 0 radical (unpaired) electrons. The van der Waals surface area contributed by atoms with Gasteiger partial charge in [-0.15, -0.1) is 0 Å². The monoisotopic (exact) mass is 180 g/mol. The zero-order valence-corrected chi connectivity index (χ0v) is 6.78. The Morgan fingerprint density at radius 3 is 3.25 bits per heavy atom. The molecule has 0 saturated carbocycles. The number of aromatic nitrogens is 1. The van der Waals surface area contributed by atoms with Gasteiger partial charge in [0.2, 0.25) is 0 Å². The van der Waals surface area contributed by atoms with Crippen LogP contribution in [0.3, 0.4) is 0 Å². The first kappa shape index (κ1) is 8.50. The molecule has 1 aromatic heterocycles. The quantitative estimate of drug-likeness (QED) is 0.556. The van der Waals surface area contributed by atoms with Gasteiger partial charge in [-0.25, -0.2) is 4.98 Å². The van der Waals surface area contributed by atoms with Gasteiger partial charge in [-0.05, 0) is 12.1 Å². The van der Waals surface area contributed by atoms with Gasteiger partial charge in [-0.3, -0.25) is 5.43 Å². The molecule has 0 unspecified atom stereocenters. The topological polar surface area (TPSA) is 61.1 Å². The van der Waals surface area contributed by atoms with E-state index in [1.54, 1.807) is 24.4 Å². The number of pyridine rings is 1. The van der Waals surface area contributed by atoms with E-state index in [0.29, 0.717) is 10.8 Å². The molecule has 0 aliphatic carbocycles. The van der Waals surface area contributed by atoms with Crippen molar-refractivity contribution < 1.29 is 0 Å². The van der Waals surface area contributed by atoms with Crippen LogP contribution in [-0.4, -0.2) is 11.2 Å². The van der Waals surface area contributed by atoms with Crippen molar-refractivity contribution in [1.29, 1.82) is 5.26 Å². The number of halogens is 1. The van der Waals surface area contributed by atoms with Crippen molar-refractivity contribution in [2.24, 2.45) is 5.10 Å². The van der Waals surface area contributed by atoms with Gasteiger partial charge in [0.05, 0.1) is 5.02 Å². The second kappa shape index (κ2) is 4.31. The minimum absolute atomic E-state index is 0.436. The first-order chi connectivity index (χ1) is 5.84. The first-order valence-corrected chi connectivity index (χ1v) is 3.50. The average Bonchev–Trinajstić information content (AvgIpc) is 2.09. The molecule has 0 aliphatic rings. The minimum Gasteiger partial charge on any atom is -0.259 e. The highest BCUT2D eigenvalue weighted by Crippen LogP contribution is 2.16. The Morgan fingerprint density at radius 1 is 1.75 bits per heavy atom. The summed E-state index contributed by atoms with van der Waals surface area (Å²) in [6, 6.07) is 5.12. The van der Waals surface area contributed by atoms with Crippen molar-refractivity contribution >= 4 is 23.6 Å². The summed E-state index contributed by atoms with van der Waals surface area (Å²) in [5.41, 5.74) is 2.52. The van der Waals surface area contributed by atoms with Crippen molar-refractivity contribution in [3.05, 3.63) is 23.4 Å². The van der Waals surface area contributed by atoms with Gasteiger partial charge in [-0.1, -0.05) is 11.6 Å². The highest BCUT2D eigenvalue weighted by atomic mass is 35.5. The van der Waals surface area contributed by atoms with E-state index in [1.807, 2.05) is 0 Å². The van der Waals surface area contributed by atoms with E-state index in [9.17, 15) is 0 Å². The van der Waals surface area contributed by atoms with Gasteiger partial charge in [0.1, 0.15) is 12.3 Å². The van der Waals surface area contributed by atoms with Crippen LogP contribution in [0.15, 0.2) is 23.4 Å². The maximum absolute atomic E-state index is 8.12. The Balaban J connectivity index is 2.71. The van der Waals surface area contributed by atoms with Crippen molar-refractivity contribution in [3.63, 3.8) is 0 Å². The van der Waals surface area contributed by atoms with E-state index in [0.717, 1.165) is 6.21 Å². The molecule has 0 fully saturated rings. The molecule has 1 heterocycles. The second-order valence-electron chi connectivity index (χ2n) is 1.83. The Bertz CT molecular complexity index is 328. The molecule has 1 N–H and O–H groups in total. The van der Waals surface area contributed by atoms with Crippen LogP contribution in [0.4, 0.5) is 5.82 Å². The Morgan fingerprint density at radius 2 is 2.58 bits per heavy atom. The zero-order chi connectivity index (χ0) is 8.81. The van der Waals surface area contributed by atoms with Crippen molar-refractivity contribution in [2.75, 3.05) is 5.43 Å². The maximum atomic E-state index is 8.12. The number of nitrogens with one attached hydrogen (secondary N) is 1. The molecule has 60 valence electrons. The fourth-order valence-electron chi connectivity index (χ4n) is 0.590. The Hall–Kier alpha value is -1.60. The predicted molar refractivity (Wildman–Crippen MR) is 47.0 cm³/mol. The number of nitrogens with zero attached hydrogens (tertiary/aromatic N) is 3. The van der Waals surface area contributed by atoms with Crippen LogP contribution in [0, 0.1) is 11.3 Å². The number of hydrazone groups is 1. The van der Waals surface area contributed by atoms with E-state index in [-0.39, 0.29) is 0 Å². The van der Waals surface area contributed by atoms with Gasteiger partial charge in [-0.2, -0.15) is 10.4 Å². The summed E-state index contributed by atoms with van der Waals surface area (Å²) in [7, 11) is 0. The molecule has 12 heavy (non-hydrogen) atoms. The summed E-state index contributed by atoms with van der Waals surface area (Å²) >= 11 is 5.72. The normalized spacial score (nSPS) is 9.67. The summed E-state index contributed by atoms with van der Waals surface area (Å²) < 4.78 is 0. The lowest BCUT2D eigenvalue weighted by molar-refractivity contribution is 1.23. The number of hydrogen-bond acceptors (Lipinski definition) is 4. The van der Waals surface area contributed by atoms with Gasteiger partial charge in [0, 0.05) is 6.20 Å². The average molecular weight is 181 g/mol. The van der Waals surface area contributed by atoms with Crippen molar-refractivity contribution in [3.8, 4) is 6.07 Å². The lowest BCUT2D eigenvalue weighted by atomic mass is 10.5. The molecular weight excluding hydrogens is 176 g/mol. The molecule has 5 heteroatoms. The van der Waals surface area contributed by atoms with E-state index in [4.69, 9.17) is 16.9 Å². The molecule has 0 aliphatic heterocycles.